The molecule has 0 unspecified atom stereocenters. The minimum absolute atomic E-state index is 0.0615. The summed E-state index contributed by atoms with van der Waals surface area (Å²) in [5.41, 5.74) is 3.12. The van der Waals surface area contributed by atoms with Crippen LogP contribution in [0.1, 0.15) is 50.9 Å². The lowest BCUT2D eigenvalue weighted by molar-refractivity contribution is -0.145. The fraction of sp³-hybridized carbons (Fsp3) is 0.296. The molecular weight excluding hydrogens is 435 g/mol. The van der Waals surface area contributed by atoms with Gasteiger partial charge in [-0.2, -0.15) is 0 Å². The minimum Gasteiger partial charge on any atom is -0.466 e. The van der Waals surface area contributed by atoms with Crippen LogP contribution in [0.3, 0.4) is 0 Å². The van der Waals surface area contributed by atoms with Gasteiger partial charge < -0.3 is 9.84 Å². The molecule has 0 saturated carbocycles. The van der Waals surface area contributed by atoms with E-state index in [1.54, 1.807) is 25.1 Å². The molecule has 0 saturated heterocycles. The van der Waals surface area contributed by atoms with E-state index < -0.39 is 17.9 Å². The summed E-state index contributed by atoms with van der Waals surface area (Å²) in [7, 11) is 0. The van der Waals surface area contributed by atoms with E-state index in [9.17, 15) is 19.1 Å². The molecule has 3 aromatic rings. The zero-order chi connectivity index (χ0) is 24.7. The molecule has 1 N–H and O–H groups in total. The van der Waals surface area contributed by atoms with E-state index in [4.69, 9.17) is 9.72 Å². The van der Waals surface area contributed by atoms with Gasteiger partial charge in [0.05, 0.1) is 24.1 Å². The molecule has 1 atom stereocenters. The van der Waals surface area contributed by atoms with E-state index in [1.807, 2.05) is 48.7 Å². The van der Waals surface area contributed by atoms with Crippen molar-refractivity contribution in [2.75, 3.05) is 6.61 Å². The fourth-order valence-corrected chi connectivity index (χ4v) is 3.62. The number of Topliss-reactive ketones (excluding diaryl/α,β-unsaturated/α-hetero) is 1. The Kier molecular flexibility index (Phi) is 8.49. The van der Waals surface area contributed by atoms with Crippen molar-refractivity contribution >= 4 is 17.8 Å². The third kappa shape index (κ3) is 6.26. The van der Waals surface area contributed by atoms with Crippen molar-refractivity contribution in [1.82, 2.24) is 9.55 Å². The third-order valence-corrected chi connectivity index (χ3v) is 5.17. The first kappa shape index (κ1) is 25.1. The largest absolute Gasteiger partial charge is 0.466 e. The standard InChI is InChI=1S/C27H29FN2O4/c1-4-34-25(33)17-23(32)16-22(31)14-15-24-26(18(2)3)29-27(19-8-6-5-7-9-19)30(24)21-12-10-20(28)11-13-21/h5-15,18,22,31H,4,16-17H2,1-3H3/b15-14+/t22-/m1/s1. The molecule has 1 aromatic heterocycles. The van der Waals surface area contributed by atoms with Gasteiger partial charge in [-0.25, -0.2) is 9.37 Å². The quantitative estimate of drug-likeness (QED) is 0.334. The lowest BCUT2D eigenvalue weighted by Crippen LogP contribution is -2.16. The average Bonchev–Trinajstić information content (AvgIpc) is 3.18. The Morgan fingerprint density at radius 1 is 1.12 bits per heavy atom. The number of benzene rings is 2. The molecule has 6 nitrogen and oxygen atoms in total. The van der Waals surface area contributed by atoms with Crippen molar-refractivity contribution in [2.24, 2.45) is 0 Å². The molecule has 7 heteroatoms. The number of carbonyl (C=O) groups excluding carboxylic acids is 2. The summed E-state index contributed by atoms with van der Waals surface area (Å²) in [6, 6.07) is 15.8. The Labute approximate surface area is 198 Å². The second-order valence-electron chi connectivity index (χ2n) is 8.19. The van der Waals surface area contributed by atoms with Gasteiger partial charge in [0.15, 0.2) is 0 Å². The number of aliphatic hydroxyl groups excluding tert-OH is 1. The van der Waals surface area contributed by atoms with Crippen LogP contribution < -0.4 is 0 Å². The number of rotatable bonds is 10. The highest BCUT2D eigenvalue weighted by Gasteiger charge is 2.21. The Hall–Kier alpha value is -3.58. The van der Waals surface area contributed by atoms with Gasteiger partial charge in [0, 0.05) is 17.7 Å². The van der Waals surface area contributed by atoms with Gasteiger partial charge in [0.2, 0.25) is 0 Å². The number of ether oxygens (including phenoxy) is 1. The molecule has 3 rings (SSSR count). The third-order valence-electron chi connectivity index (χ3n) is 5.17. The normalized spacial score (nSPS) is 12.3. The molecule has 0 aliphatic heterocycles. The van der Waals surface area contributed by atoms with Gasteiger partial charge in [-0.1, -0.05) is 50.3 Å². The van der Waals surface area contributed by atoms with Crippen molar-refractivity contribution in [1.29, 1.82) is 0 Å². The molecule has 0 amide bonds. The first-order valence-electron chi connectivity index (χ1n) is 11.3. The summed E-state index contributed by atoms with van der Waals surface area (Å²) in [6.07, 6.45) is 1.57. The number of aromatic nitrogens is 2. The summed E-state index contributed by atoms with van der Waals surface area (Å²) in [5.74, 6) is -0.610. The van der Waals surface area contributed by atoms with Gasteiger partial charge in [0.25, 0.3) is 0 Å². The van der Waals surface area contributed by atoms with Gasteiger partial charge in [0.1, 0.15) is 23.8 Å². The maximum absolute atomic E-state index is 13.6. The molecule has 0 radical (unpaired) electrons. The highest BCUT2D eigenvalue weighted by molar-refractivity contribution is 5.95. The molecule has 0 aliphatic rings. The topological polar surface area (TPSA) is 81.4 Å². The predicted molar refractivity (Wildman–Crippen MR) is 129 cm³/mol. The van der Waals surface area contributed by atoms with Crippen LogP contribution in [0.5, 0.6) is 0 Å². The molecule has 2 aromatic carbocycles. The molecule has 178 valence electrons. The number of aliphatic hydroxyl groups is 1. The van der Waals surface area contributed by atoms with Crippen molar-refractivity contribution in [3.63, 3.8) is 0 Å². The fourth-order valence-electron chi connectivity index (χ4n) is 3.62. The number of ketones is 1. The van der Waals surface area contributed by atoms with Crippen LogP contribution >= 0.6 is 0 Å². The summed E-state index contributed by atoms with van der Waals surface area (Å²) in [6.45, 7) is 5.90. The lowest BCUT2D eigenvalue weighted by atomic mass is 10.1. The first-order chi connectivity index (χ1) is 16.3. The minimum atomic E-state index is -1.08. The van der Waals surface area contributed by atoms with Gasteiger partial charge >= 0.3 is 5.97 Å². The maximum Gasteiger partial charge on any atom is 0.313 e. The number of hydrogen-bond donors (Lipinski definition) is 1. The SMILES string of the molecule is CCOC(=O)CC(=O)C[C@H](O)/C=C/c1c(C(C)C)nc(-c2ccccc2)n1-c1ccc(F)cc1. The maximum atomic E-state index is 13.6. The van der Waals surface area contributed by atoms with Crippen molar-refractivity contribution in [3.8, 4) is 17.1 Å². The monoisotopic (exact) mass is 464 g/mol. The Morgan fingerprint density at radius 2 is 1.79 bits per heavy atom. The molecule has 0 spiro atoms. The second kappa shape index (κ2) is 11.5. The molecule has 0 fully saturated rings. The van der Waals surface area contributed by atoms with E-state index in [0.717, 1.165) is 17.0 Å². The van der Waals surface area contributed by atoms with E-state index in [0.29, 0.717) is 11.5 Å². The van der Waals surface area contributed by atoms with Crippen LogP contribution in [0.2, 0.25) is 0 Å². The molecule has 0 bridgehead atoms. The highest BCUT2D eigenvalue weighted by atomic mass is 19.1. The Morgan fingerprint density at radius 3 is 2.41 bits per heavy atom. The highest BCUT2D eigenvalue weighted by Crippen LogP contribution is 2.31. The van der Waals surface area contributed by atoms with Crippen LogP contribution in [-0.4, -0.2) is 39.1 Å². The number of hydrogen-bond acceptors (Lipinski definition) is 5. The van der Waals surface area contributed by atoms with Crippen molar-refractivity contribution < 1.29 is 23.8 Å². The van der Waals surface area contributed by atoms with Crippen LogP contribution in [0, 0.1) is 5.82 Å². The Balaban J connectivity index is 2.00. The summed E-state index contributed by atoms with van der Waals surface area (Å²) >= 11 is 0. The predicted octanol–water partition coefficient (Wildman–Crippen LogP) is 5.09. The second-order valence-corrected chi connectivity index (χ2v) is 8.19. The molecule has 34 heavy (non-hydrogen) atoms. The van der Waals surface area contributed by atoms with Crippen LogP contribution in [0.15, 0.2) is 60.7 Å². The average molecular weight is 465 g/mol. The Bertz CT molecular complexity index is 1150. The smallest absolute Gasteiger partial charge is 0.313 e. The molecular formula is C27H29FN2O4. The first-order valence-corrected chi connectivity index (χ1v) is 11.3. The van der Waals surface area contributed by atoms with E-state index in [1.165, 1.54) is 18.2 Å². The van der Waals surface area contributed by atoms with Gasteiger partial charge in [-0.15, -0.1) is 0 Å². The summed E-state index contributed by atoms with van der Waals surface area (Å²) in [4.78, 5) is 28.5. The van der Waals surface area contributed by atoms with E-state index in [-0.39, 0.29) is 31.2 Å². The van der Waals surface area contributed by atoms with Crippen LogP contribution in [0.4, 0.5) is 4.39 Å². The summed E-state index contributed by atoms with van der Waals surface area (Å²) < 4.78 is 20.3. The zero-order valence-electron chi connectivity index (χ0n) is 19.6. The van der Waals surface area contributed by atoms with E-state index in [2.05, 4.69) is 0 Å². The molecule has 0 aliphatic carbocycles. The van der Waals surface area contributed by atoms with Gasteiger partial charge in [-0.05, 0) is 43.2 Å². The lowest BCUT2D eigenvalue weighted by Gasteiger charge is -2.12. The number of nitrogens with zero attached hydrogens (tertiary/aromatic N) is 2. The number of imidazole rings is 1. The van der Waals surface area contributed by atoms with Gasteiger partial charge in [-0.3, -0.25) is 14.2 Å². The number of carbonyl (C=O) groups is 2. The van der Waals surface area contributed by atoms with Crippen LogP contribution in [0.25, 0.3) is 23.2 Å². The van der Waals surface area contributed by atoms with Crippen LogP contribution in [-0.2, 0) is 14.3 Å². The van der Waals surface area contributed by atoms with E-state index >= 15 is 0 Å². The zero-order valence-corrected chi connectivity index (χ0v) is 19.6. The number of esters is 1. The van der Waals surface area contributed by atoms with Crippen molar-refractivity contribution in [3.05, 3.63) is 77.9 Å². The summed E-state index contributed by atoms with van der Waals surface area (Å²) in [5, 5.41) is 10.4. The molecule has 1 heterocycles. The number of halogens is 1. The van der Waals surface area contributed by atoms with Crippen molar-refractivity contribution in [2.45, 2.75) is 45.6 Å².